The Bertz CT molecular complexity index is 1330. The minimum Gasteiger partial charge on any atom is -0.338 e. The summed E-state index contributed by atoms with van der Waals surface area (Å²) in [7, 11) is -3.23. The minimum absolute atomic E-state index is 0.0553. The van der Waals surface area contributed by atoms with Crippen LogP contribution in [0.5, 0.6) is 0 Å². The number of ketones is 1. The van der Waals surface area contributed by atoms with E-state index >= 15 is 0 Å². The number of anilines is 1. The smallest absolute Gasteiger partial charge is 0.319 e. The molecule has 2 aromatic carbocycles. The van der Waals surface area contributed by atoms with Gasteiger partial charge in [-0.15, -0.1) is 11.3 Å². The van der Waals surface area contributed by atoms with Gasteiger partial charge >= 0.3 is 6.03 Å². The maximum Gasteiger partial charge on any atom is 0.319 e. The number of fused-ring (bicyclic) bond motifs is 2. The van der Waals surface area contributed by atoms with Crippen molar-refractivity contribution in [1.82, 2.24) is 10.2 Å². The van der Waals surface area contributed by atoms with Crippen LogP contribution in [0.25, 0.3) is 10.1 Å². The Kier molecular flexibility index (Phi) is 6.08. The second kappa shape index (κ2) is 8.94. The summed E-state index contributed by atoms with van der Waals surface area (Å²) >= 11 is 1.34. The van der Waals surface area contributed by atoms with Crippen LogP contribution in [0, 0.1) is 0 Å². The first kappa shape index (κ1) is 23.8. The third-order valence-corrected chi connectivity index (χ3v) is 10.7. The van der Waals surface area contributed by atoms with Crippen molar-refractivity contribution in [2.45, 2.75) is 35.8 Å². The van der Waals surface area contributed by atoms with Crippen molar-refractivity contribution in [3.63, 3.8) is 0 Å². The number of thiophene rings is 1. The first-order chi connectivity index (χ1) is 16.8. The number of rotatable bonds is 3. The molecule has 3 amide bonds. The van der Waals surface area contributed by atoms with Crippen molar-refractivity contribution in [2.75, 3.05) is 25.0 Å². The number of nitrogens with zero attached hydrogens (tertiary/aromatic N) is 1. The standard InChI is InChI=1S/C25H27N3O5S2/c1-2-26-24(31)27-22-21(17-8-3-5-9-19(17)34-22)23(30)28-13-11-25(12-14-28)15-18(29)16-7-4-6-10-20(16)35(25,32)33/h3-10,32-33H,2,11-15H2,1H3,(H2,26,27,31). The van der Waals surface area contributed by atoms with Crippen molar-refractivity contribution in [3.05, 3.63) is 59.7 Å². The summed E-state index contributed by atoms with van der Waals surface area (Å²) in [5, 5.41) is 6.74. The second-order valence-electron chi connectivity index (χ2n) is 8.91. The van der Waals surface area contributed by atoms with Crippen LogP contribution in [-0.2, 0) is 0 Å². The first-order valence-electron chi connectivity index (χ1n) is 11.5. The van der Waals surface area contributed by atoms with Gasteiger partial charge in [-0.2, -0.15) is 10.6 Å². The van der Waals surface area contributed by atoms with E-state index in [4.69, 9.17) is 0 Å². The highest BCUT2D eigenvalue weighted by molar-refractivity contribution is 8.25. The fourth-order valence-corrected chi connectivity index (χ4v) is 8.45. The van der Waals surface area contributed by atoms with Gasteiger partial charge in [-0.3, -0.25) is 24.0 Å². The Morgan fingerprint density at radius 2 is 1.77 bits per heavy atom. The van der Waals surface area contributed by atoms with Gasteiger partial charge in [-0.1, -0.05) is 30.3 Å². The summed E-state index contributed by atoms with van der Waals surface area (Å²) in [5.74, 6) is -0.313. The van der Waals surface area contributed by atoms with E-state index in [9.17, 15) is 23.5 Å². The highest BCUT2D eigenvalue weighted by atomic mass is 32.3. The summed E-state index contributed by atoms with van der Waals surface area (Å²) in [5.41, 5.74) is 0.812. The fraction of sp³-hybridized carbons (Fsp3) is 0.320. The quantitative estimate of drug-likeness (QED) is 0.373. The zero-order chi connectivity index (χ0) is 24.8. The van der Waals surface area contributed by atoms with Gasteiger partial charge in [-0.25, -0.2) is 4.79 Å². The molecule has 5 rings (SSSR count). The number of carbonyl (C=O) groups excluding carboxylic acids is 3. The van der Waals surface area contributed by atoms with Gasteiger partial charge in [0.1, 0.15) is 5.00 Å². The van der Waals surface area contributed by atoms with Gasteiger partial charge in [-0.05, 0) is 38.0 Å². The molecule has 1 fully saturated rings. The first-order valence-corrected chi connectivity index (χ1v) is 13.9. The molecule has 35 heavy (non-hydrogen) atoms. The number of urea groups is 1. The molecular weight excluding hydrogens is 486 g/mol. The zero-order valence-electron chi connectivity index (χ0n) is 19.2. The van der Waals surface area contributed by atoms with Gasteiger partial charge in [0, 0.05) is 41.7 Å². The maximum atomic E-state index is 13.7. The van der Waals surface area contributed by atoms with E-state index in [0.717, 1.165) is 10.1 Å². The van der Waals surface area contributed by atoms with E-state index in [1.54, 1.807) is 29.2 Å². The Balaban J connectivity index is 1.42. The number of Topliss-reactive ketones (excluding diaryl/α,β-unsaturated/α-hetero) is 1. The Hall–Kier alpha value is -2.92. The molecule has 4 N–H and O–H groups in total. The predicted molar refractivity (Wildman–Crippen MR) is 139 cm³/mol. The van der Waals surface area contributed by atoms with Crippen molar-refractivity contribution in [1.29, 1.82) is 0 Å². The van der Waals surface area contributed by atoms with Crippen molar-refractivity contribution >= 4 is 54.7 Å². The van der Waals surface area contributed by atoms with E-state index in [-0.39, 0.29) is 37.2 Å². The molecular formula is C25H27N3O5S2. The van der Waals surface area contributed by atoms with Crippen LogP contribution in [0.3, 0.4) is 0 Å². The lowest BCUT2D eigenvalue weighted by atomic mass is 9.87. The summed E-state index contributed by atoms with van der Waals surface area (Å²) in [6.45, 7) is 2.85. The number of nitrogens with one attached hydrogen (secondary N) is 2. The van der Waals surface area contributed by atoms with Crippen LogP contribution in [0.15, 0.2) is 53.4 Å². The van der Waals surface area contributed by atoms with Crippen LogP contribution in [0.2, 0.25) is 0 Å². The zero-order valence-corrected chi connectivity index (χ0v) is 20.9. The topological polar surface area (TPSA) is 119 Å². The molecule has 0 radical (unpaired) electrons. The lowest BCUT2D eigenvalue weighted by molar-refractivity contribution is 0.0689. The van der Waals surface area contributed by atoms with Gasteiger partial charge in [0.05, 0.1) is 15.2 Å². The summed E-state index contributed by atoms with van der Waals surface area (Å²) in [6, 6.07) is 13.8. The van der Waals surface area contributed by atoms with Gasteiger partial charge < -0.3 is 10.2 Å². The van der Waals surface area contributed by atoms with E-state index in [2.05, 4.69) is 10.6 Å². The lowest BCUT2D eigenvalue weighted by Gasteiger charge is -2.56. The normalized spacial score (nSPS) is 19.3. The Labute approximate surface area is 208 Å². The summed E-state index contributed by atoms with van der Waals surface area (Å²) in [4.78, 5) is 40.8. The van der Waals surface area contributed by atoms with Crippen LogP contribution in [0.1, 0.15) is 46.9 Å². The Morgan fingerprint density at radius 1 is 1.09 bits per heavy atom. The molecule has 184 valence electrons. The number of likely N-dealkylation sites (tertiary alicyclic amines) is 1. The molecule has 0 aliphatic carbocycles. The molecule has 0 unspecified atom stereocenters. The van der Waals surface area contributed by atoms with Crippen LogP contribution >= 0.6 is 21.9 Å². The molecule has 2 aliphatic rings. The molecule has 1 aromatic heterocycles. The van der Waals surface area contributed by atoms with E-state index in [1.807, 2.05) is 31.2 Å². The molecule has 10 heteroatoms. The van der Waals surface area contributed by atoms with Gasteiger partial charge in [0.15, 0.2) is 5.78 Å². The molecule has 3 heterocycles. The average molecular weight is 514 g/mol. The number of amides is 3. The number of hydrogen-bond acceptors (Lipinski definition) is 6. The second-order valence-corrected chi connectivity index (χ2v) is 12.4. The predicted octanol–water partition coefficient (Wildman–Crippen LogP) is 5.41. The molecule has 0 atom stereocenters. The maximum absolute atomic E-state index is 13.7. The van der Waals surface area contributed by atoms with E-state index in [1.165, 1.54) is 11.3 Å². The van der Waals surface area contributed by atoms with Crippen LogP contribution < -0.4 is 10.6 Å². The van der Waals surface area contributed by atoms with Crippen molar-refractivity contribution in [3.8, 4) is 0 Å². The van der Waals surface area contributed by atoms with Crippen molar-refractivity contribution < 1.29 is 23.5 Å². The van der Waals surface area contributed by atoms with E-state index in [0.29, 0.717) is 40.4 Å². The van der Waals surface area contributed by atoms with E-state index < -0.39 is 15.3 Å². The molecule has 2 aliphatic heterocycles. The number of hydrogen-bond donors (Lipinski definition) is 4. The molecule has 0 saturated carbocycles. The third kappa shape index (κ3) is 3.90. The number of benzene rings is 2. The van der Waals surface area contributed by atoms with Gasteiger partial charge in [0.25, 0.3) is 5.91 Å². The SMILES string of the molecule is CCNC(=O)Nc1sc2ccccc2c1C(=O)N1CCC2(CC1)CC(=O)c1ccccc1S2(O)O. The molecule has 0 bridgehead atoms. The van der Waals surface area contributed by atoms with Gasteiger partial charge in [0.2, 0.25) is 0 Å². The highest BCUT2D eigenvalue weighted by Gasteiger charge is 2.52. The minimum atomic E-state index is -3.23. The summed E-state index contributed by atoms with van der Waals surface area (Å²) < 4.78 is 22.5. The highest BCUT2D eigenvalue weighted by Crippen LogP contribution is 2.67. The monoisotopic (exact) mass is 513 g/mol. The number of carbonyl (C=O) groups is 3. The number of piperidine rings is 1. The summed E-state index contributed by atoms with van der Waals surface area (Å²) in [6.07, 6.45) is 0.671. The van der Waals surface area contributed by atoms with Crippen molar-refractivity contribution in [2.24, 2.45) is 0 Å². The lowest BCUT2D eigenvalue weighted by Crippen LogP contribution is -2.51. The van der Waals surface area contributed by atoms with Crippen LogP contribution in [0.4, 0.5) is 9.80 Å². The third-order valence-electron chi connectivity index (χ3n) is 6.92. The molecule has 1 spiro atoms. The Morgan fingerprint density at radius 3 is 2.51 bits per heavy atom. The fourth-order valence-electron chi connectivity index (χ4n) is 5.06. The van der Waals surface area contributed by atoms with Crippen LogP contribution in [-0.4, -0.2) is 56.1 Å². The molecule has 8 nitrogen and oxygen atoms in total. The molecule has 1 saturated heterocycles. The molecule has 3 aromatic rings. The largest absolute Gasteiger partial charge is 0.338 e. The average Bonchev–Trinajstić information content (AvgIpc) is 3.21.